The van der Waals surface area contributed by atoms with Crippen LogP contribution < -0.4 is 0 Å². The molecule has 0 unspecified atom stereocenters. The second-order valence-corrected chi connectivity index (χ2v) is 5.23. The summed E-state index contributed by atoms with van der Waals surface area (Å²) in [6.07, 6.45) is 1.18. The second-order valence-electron chi connectivity index (χ2n) is 5.23. The first-order valence-corrected chi connectivity index (χ1v) is 6.79. The van der Waals surface area contributed by atoms with E-state index in [1.54, 1.807) is 0 Å². The Hall–Kier alpha value is -1.58. The Morgan fingerprint density at radius 3 is 1.95 bits per heavy atom. The molecule has 2 aliphatic rings. The summed E-state index contributed by atoms with van der Waals surface area (Å²) in [5.41, 5.74) is 2.15. The lowest BCUT2D eigenvalue weighted by Crippen LogP contribution is -2.53. The van der Waals surface area contributed by atoms with Crippen molar-refractivity contribution in [2.45, 2.75) is 18.1 Å². The zero-order chi connectivity index (χ0) is 12.7. The average molecular weight is 248 g/mol. The molecule has 1 atom stereocenters. The van der Waals surface area contributed by atoms with Crippen molar-refractivity contribution in [1.29, 1.82) is 0 Å². The predicted molar refractivity (Wildman–Crippen MR) is 75.6 cm³/mol. The number of benzene rings is 2. The van der Waals surface area contributed by atoms with Gasteiger partial charge in [-0.25, -0.2) is 0 Å². The minimum absolute atomic E-state index is 0.333. The third-order valence-electron chi connectivity index (χ3n) is 4.31. The van der Waals surface area contributed by atoms with E-state index in [1.165, 1.54) is 17.5 Å². The van der Waals surface area contributed by atoms with E-state index in [9.17, 15) is 0 Å². The van der Waals surface area contributed by atoms with E-state index in [4.69, 9.17) is 4.65 Å². The molecule has 2 saturated heterocycles. The summed E-state index contributed by atoms with van der Waals surface area (Å²) < 4.78 is 6.20. The number of fused-ring (bicyclic) bond motifs is 1. The minimum atomic E-state index is -0.333. The van der Waals surface area contributed by atoms with Crippen LogP contribution in [0.3, 0.4) is 0 Å². The van der Waals surface area contributed by atoms with Crippen LogP contribution in [0.2, 0.25) is 0 Å². The number of rotatable bonds is 2. The van der Waals surface area contributed by atoms with E-state index in [2.05, 4.69) is 65.5 Å². The van der Waals surface area contributed by atoms with Gasteiger partial charge in [-0.3, -0.25) is 0 Å². The third kappa shape index (κ3) is 1.52. The summed E-state index contributed by atoms with van der Waals surface area (Å²) in [6.45, 7) is 1.10. The van der Waals surface area contributed by atoms with Crippen LogP contribution >= 0.6 is 0 Å². The van der Waals surface area contributed by atoms with E-state index in [1.807, 2.05) is 7.62 Å². The van der Waals surface area contributed by atoms with E-state index in [-0.39, 0.29) is 5.60 Å². The Morgan fingerprint density at radius 1 is 0.947 bits per heavy atom. The molecular formula is C16H15BNO. The maximum Gasteiger partial charge on any atom is 0.400 e. The first kappa shape index (κ1) is 11.3. The quantitative estimate of drug-likeness (QED) is 0.757. The first-order valence-electron chi connectivity index (χ1n) is 6.79. The van der Waals surface area contributed by atoms with Gasteiger partial charge in [0.15, 0.2) is 0 Å². The van der Waals surface area contributed by atoms with E-state index in [0.29, 0.717) is 6.04 Å². The lowest BCUT2D eigenvalue weighted by atomic mass is 9.76. The molecule has 2 aliphatic heterocycles. The fraction of sp³-hybridized carbons (Fsp3) is 0.250. The second kappa shape index (κ2) is 4.22. The topological polar surface area (TPSA) is 12.5 Å². The van der Waals surface area contributed by atoms with Gasteiger partial charge >= 0.3 is 7.62 Å². The molecule has 2 nitrogen and oxygen atoms in total. The van der Waals surface area contributed by atoms with Crippen molar-refractivity contribution in [3.8, 4) is 0 Å². The molecule has 3 heteroatoms. The van der Waals surface area contributed by atoms with Gasteiger partial charge in [-0.05, 0) is 24.1 Å². The molecule has 4 rings (SSSR count). The third-order valence-corrected chi connectivity index (χ3v) is 4.31. The number of hydrogen-bond acceptors (Lipinski definition) is 2. The molecule has 2 aromatic carbocycles. The number of hydrogen-bond donors (Lipinski definition) is 0. The van der Waals surface area contributed by atoms with Crippen molar-refractivity contribution in [1.82, 2.24) is 4.81 Å². The molecule has 0 bridgehead atoms. The van der Waals surface area contributed by atoms with Crippen LogP contribution in [0.25, 0.3) is 0 Å². The van der Waals surface area contributed by atoms with Gasteiger partial charge in [0.2, 0.25) is 0 Å². The largest absolute Gasteiger partial charge is 0.409 e. The predicted octanol–water partition coefficient (Wildman–Crippen LogP) is 2.57. The fourth-order valence-electron chi connectivity index (χ4n) is 3.26. The lowest BCUT2D eigenvalue weighted by molar-refractivity contribution is 0.0598. The van der Waals surface area contributed by atoms with Gasteiger partial charge in [-0.15, -0.1) is 0 Å². The van der Waals surface area contributed by atoms with E-state index >= 15 is 0 Å². The van der Waals surface area contributed by atoms with Crippen molar-refractivity contribution in [3.05, 3.63) is 71.8 Å². The highest BCUT2D eigenvalue weighted by Gasteiger charge is 2.55. The van der Waals surface area contributed by atoms with Crippen molar-refractivity contribution in [3.63, 3.8) is 0 Å². The van der Waals surface area contributed by atoms with Gasteiger partial charge < -0.3 is 9.47 Å². The number of nitrogens with zero attached hydrogens (tertiary/aromatic N) is 1. The fourth-order valence-corrected chi connectivity index (χ4v) is 3.26. The van der Waals surface area contributed by atoms with Crippen LogP contribution in [0.1, 0.15) is 17.5 Å². The average Bonchev–Trinajstić information content (AvgIpc) is 2.73. The monoisotopic (exact) mass is 248 g/mol. The maximum absolute atomic E-state index is 6.20. The summed E-state index contributed by atoms with van der Waals surface area (Å²) in [7, 11) is 1.91. The SMILES string of the molecule is [B]1OC(c2ccccc2)(c2ccccc2)[C@H]2CCN12. The molecule has 0 N–H and O–H groups in total. The molecule has 2 aromatic rings. The Bertz CT molecular complexity index is 532. The van der Waals surface area contributed by atoms with Gasteiger partial charge in [0.1, 0.15) is 5.60 Å². The van der Waals surface area contributed by atoms with Gasteiger partial charge in [0.25, 0.3) is 0 Å². The van der Waals surface area contributed by atoms with Gasteiger partial charge in [-0.2, -0.15) is 0 Å². The zero-order valence-electron chi connectivity index (χ0n) is 10.7. The normalized spacial score (nSPS) is 24.3. The van der Waals surface area contributed by atoms with Crippen LogP contribution in [-0.2, 0) is 10.3 Å². The van der Waals surface area contributed by atoms with Crippen LogP contribution in [0.4, 0.5) is 0 Å². The Kier molecular flexibility index (Phi) is 2.50. The summed E-state index contributed by atoms with van der Waals surface area (Å²) in [5, 5.41) is 0. The van der Waals surface area contributed by atoms with Crippen molar-refractivity contribution in [2.24, 2.45) is 0 Å². The molecule has 0 saturated carbocycles. The molecule has 19 heavy (non-hydrogen) atoms. The van der Waals surface area contributed by atoms with Crippen molar-refractivity contribution in [2.75, 3.05) is 6.54 Å². The molecule has 0 amide bonds. The standard InChI is InChI=1S/C16H15BNO/c1-3-7-13(8-4-1)16(14-9-5-2-6-10-14)15-11-12-18(15)17-19-16/h1-10,15H,11-12H2/t15-/m1/s1. The van der Waals surface area contributed by atoms with Crippen LogP contribution in [0.15, 0.2) is 60.7 Å². The molecular weight excluding hydrogens is 233 g/mol. The lowest BCUT2D eigenvalue weighted by Gasteiger charge is -2.44. The molecule has 1 radical (unpaired) electrons. The molecule has 0 spiro atoms. The van der Waals surface area contributed by atoms with Gasteiger partial charge in [0.05, 0.1) is 0 Å². The summed E-state index contributed by atoms with van der Waals surface area (Å²) in [5.74, 6) is 0. The molecule has 0 aromatic heterocycles. The Balaban J connectivity index is 1.89. The molecule has 2 fully saturated rings. The van der Waals surface area contributed by atoms with Crippen LogP contribution in [0.5, 0.6) is 0 Å². The van der Waals surface area contributed by atoms with Crippen molar-refractivity contribution >= 4 is 7.62 Å². The Labute approximate surface area is 114 Å². The Morgan fingerprint density at radius 2 is 1.53 bits per heavy atom. The van der Waals surface area contributed by atoms with Crippen LogP contribution in [-0.4, -0.2) is 25.0 Å². The van der Waals surface area contributed by atoms with Gasteiger partial charge in [-0.1, -0.05) is 60.7 Å². The summed E-state index contributed by atoms with van der Waals surface area (Å²) in [4.78, 5) is 2.31. The minimum Gasteiger partial charge on any atom is -0.409 e. The highest BCUT2D eigenvalue weighted by atomic mass is 16.5. The van der Waals surface area contributed by atoms with E-state index in [0.717, 1.165) is 6.54 Å². The van der Waals surface area contributed by atoms with Crippen LogP contribution in [0, 0.1) is 0 Å². The summed E-state index contributed by atoms with van der Waals surface area (Å²) in [6, 6.07) is 21.6. The zero-order valence-corrected chi connectivity index (χ0v) is 10.7. The highest BCUT2D eigenvalue weighted by molar-refractivity contribution is 6.25. The summed E-state index contributed by atoms with van der Waals surface area (Å²) >= 11 is 0. The van der Waals surface area contributed by atoms with Crippen molar-refractivity contribution < 1.29 is 4.65 Å². The van der Waals surface area contributed by atoms with Gasteiger partial charge in [0, 0.05) is 6.04 Å². The maximum atomic E-state index is 6.20. The molecule has 93 valence electrons. The molecule has 2 heterocycles. The smallest absolute Gasteiger partial charge is 0.400 e. The first-order chi connectivity index (χ1) is 9.41. The van der Waals surface area contributed by atoms with E-state index < -0.39 is 0 Å². The molecule has 0 aliphatic carbocycles. The highest BCUT2D eigenvalue weighted by Crippen LogP contribution is 2.47.